The largest absolute Gasteiger partial charge is 0.399 e. The molecule has 28 heavy (non-hydrogen) atoms. The zero-order chi connectivity index (χ0) is 19.8. The van der Waals surface area contributed by atoms with Crippen LogP contribution in [0.2, 0.25) is 0 Å². The van der Waals surface area contributed by atoms with Crippen molar-refractivity contribution in [3.05, 3.63) is 65.2 Å². The van der Waals surface area contributed by atoms with E-state index in [9.17, 15) is 0 Å². The second-order valence-electron chi connectivity index (χ2n) is 9.21. The van der Waals surface area contributed by atoms with Gasteiger partial charge in [-0.1, -0.05) is 75.4 Å². The molecular formula is C27H39N. The molecule has 1 aliphatic rings. The standard InChI is InChI=1S/C27H39N/c1-3-4-5-6-9-18-27(21-23-12-14-25(28)15-13-23)19-16-24(17-20-27)26-11-8-7-10-22(26)2/h7-8,10-15,24H,3-6,9,16-21,28H2,1-2H3. The van der Waals surface area contributed by atoms with Crippen LogP contribution in [0.4, 0.5) is 5.69 Å². The average molecular weight is 378 g/mol. The Balaban J connectivity index is 1.66. The van der Waals surface area contributed by atoms with Crippen LogP contribution >= 0.6 is 0 Å². The molecule has 3 rings (SSSR count). The third-order valence-corrected chi connectivity index (χ3v) is 7.04. The molecule has 1 heteroatoms. The Morgan fingerprint density at radius 3 is 2.25 bits per heavy atom. The molecule has 0 spiro atoms. The number of hydrogen-bond donors (Lipinski definition) is 1. The Morgan fingerprint density at radius 1 is 0.893 bits per heavy atom. The summed E-state index contributed by atoms with van der Waals surface area (Å²) in [6.45, 7) is 4.58. The first-order valence-corrected chi connectivity index (χ1v) is 11.5. The second kappa shape index (κ2) is 10.1. The van der Waals surface area contributed by atoms with Gasteiger partial charge in [0, 0.05) is 5.69 Å². The van der Waals surface area contributed by atoms with E-state index >= 15 is 0 Å². The van der Waals surface area contributed by atoms with Gasteiger partial charge < -0.3 is 5.73 Å². The van der Waals surface area contributed by atoms with Crippen molar-refractivity contribution in [2.24, 2.45) is 5.41 Å². The van der Waals surface area contributed by atoms with E-state index in [1.807, 2.05) is 0 Å². The van der Waals surface area contributed by atoms with Crippen molar-refractivity contribution in [3.63, 3.8) is 0 Å². The highest BCUT2D eigenvalue weighted by atomic mass is 14.5. The minimum Gasteiger partial charge on any atom is -0.399 e. The average Bonchev–Trinajstić information content (AvgIpc) is 2.71. The molecule has 152 valence electrons. The predicted octanol–water partition coefficient (Wildman–Crippen LogP) is 7.82. The Bertz CT molecular complexity index is 707. The third kappa shape index (κ3) is 5.63. The molecule has 0 unspecified atom stereocenters. The van der Waals surface area contributed by atoms with Crippen LogP contribution < -0.4 is 5.73 Å². The fourth-order valence-electron chi connectivity index (χ4n) is 5.27. The van der Waals surface area contributed by atoms with Crippen molar-refractivity contribution in [2.75, 3.05) is 5.73 Å². The molecule has 2 N–H and O–H groups in total. The molecule has 0 aromatic heterocycles. The zero-order valence-corrected chi connectivity index (χ0v) is 18.1. The molecule has 0 aliphatic heterocycles. The van der Waals surface area contributed by atoms with E-state index in [0.717, 1.165) is 11.6 Å². The van der Waals surface area contributed by atoms with Gasteiger partial charge >= 0.3 is 0 Å². The summed E-state index contributed by atoms with van der Waals surface area (Å²) >= 11 is 0. The number of unbranched alkanes of at least 4 members (excludes halogenated alkanes) is 4. The molecule has 0 amide bonds. The summed E-state index contributed by atoms with van der Waals surface area (Å²) in [5.41, 5.74) is 11.8. The van der Waals surface area contributed by atoms with Gasteiger partial charge in [0.15, 0.2) is 0 Å². The maximum Gasteiger partial charge on any atom is 0.0314 e. The van der Waals surface area contributed by atoms with Gasteiger partial charge in [-0.05, 0) is 85.6 Å². The summed E-state index contributed by atoms with van der Waals surface area (Å²) in [5.74, 6) is 0.751. The first-order valence-electron chi connectivity index (χ1n) is 11.5. The lowest BCUT2D eigenvalue weighted by Gasteiger charge is -2.41. The quantitative estimate of drug-likeness (QED) is 0.350. The van der Waals surface area contributed by atoms with Crippen molar-refractivity contribution in [3.8, 4) is 0 Å². The lowest BCUT2D eigenvalue weighted by molar-refractivity contribution is 0.152. The van der Waals surface area contributed by atoms with E-state index in [0.29, 0.717) is 5.41 Å². The maximum atomic E-state index is 5.92. The SMILES string of the molecule is CCCCCCCC1(Cc2ccc(N)cc2)CCC(c2ccccc2C)CC1. The summed E-state index contributed by atoms with van der Waals surface area (Å²) in [6.07, 6.45) is 14.9. The van der Waals surface area contributed by atoms with Crippen molar-refractivity contribution in [1.82, 2.24) is 0 Å². The van der Waals surface area contributed by atoms with E-state index < -0.39 is 0 Å². The number of nitrogens with two attached hydrogens (primary N) is 1. The van der Waals surface area contributed by atoms with Crippen molar-refractivity contribution in [1.29, 1.82) is 0 Å². The van der Waals surface area contributed by atoms with Crippen LogP contribution in [0.25, 0.3) is 0 Å². The summed E-state index contributed by atoms with van der Waals surface area (Å²) in [5, 5.41) is 0. The summed E-state index contributed by atoms with van der Waals surface area (Å²) in [6, 6.07) is 17.7. The lowest BCUT2D eigenvalue weighted by Crippen LogP contribution is -2.29. The van der Waals surface area contributed by atoms with Crippen LogP contribution in [0, 0.1) is 12.3 Å². The predicted molar refractivity (Wildman–Crippen MR) is 123 cm³/mol. The van der Waals surface area contributed by atoms with Gasteiger partial charge in [0.05, 0.1) is 0 Å². The number of anilines is 1. The Morgan fingerprint density at radius 2 is 1.57 bits per heavy atom. The Kier molecular flexibility index (Phi) is 7.59. The molecule has 2 aromatic carbocycles. The number of aryl methyl sites for hydroxylation is 1. The molecule has 1 saturated carbocycles. The van der Waals surface area contributed by atoms with Gasteiger partial charge in [0.25, 0.3) is 0 Å². The van der Waals surface area contributed by atoms with Gasteiger partial charge in [-0.25, -0.2) is 0 Å². The second-order valence-corrected chi connectivity index (χ2v) is 9.21. The van der Waals surface area contributed by atoms with E-state index in [4.69, 9.17) is 5.73 Å². The molecule has 0 bridgehead atoms. The molecule has 0 radical (unpaired) electrons. The Labute approximate surface area is 172 Å². The van der Waals surface area contributed by atoms with Gasteiger partial charge in [0.2, 0.25) is 0 Å². The fourth-order valence-corrected chi connectivity index (χ4v) is 5.27. The zero-order valence-electron chi connectivity index (χ0n) is 18.1. The normalized spacial score (nSPS) is 22.3. The van der Waals surface area contributed by atoms with Gasteiger partial charge in [-0.3, -0.25) is 0 Å². The minimum atomic E-state index is 0.488. The third-order valence-electron chi connectivity index (χ3n) is 7.04. The summed E-state index contributed by atoms with van der Waals surface area (Å²) < 4.78 is 0. The maximum absolute atomic E-state index is 5.92. The van der Waals surface area contributed by atoms with Crippen LogP contribution in [0.3, 0.4) is 0 Å². The molecule has 1 nitrogen and oxygen atoms in total. The van der Waals surface area contributed by atoms with Crippen LogP contribution in [0.1, 0.15) is 93.7 Å². The first-order chi connectivity index (χ1) is 13.6. The van der Waals surface area contributed by atoms with E-state index in [2.05, 4.69) is 62.4 Å². The van der Waals surface area contributed by atoms with Crippen LogP contribution in [-0.4, -0.2) is 0 Å². The number of rotatable bonds is 9. The van der Waals surface area contributed by atoms with E-state index in [1.54, 1.807) is 5.56 Å². The number of hydrogen-bond acceptors (Lipinski definition) is 1. The molecule has 1 aliphatic carbocycles. The summed E-state index contributed by atoms with van der Waals surface area (Å²) in [4.78, 5) is 0. The molecular weight excluding hydrogens is 338 g/mol. The molecule has 1 fully saturated rings. The highest BCUT2D eigenvalue weighted by molar-refractivity contribution is 5.39. The van der Waals surface area contributed by atoms with Gasteiger partial charge in [-0.15, -0.1) is 0 Å². The Hall–Kier alpha value is -1.76. The first kappa shape index (κ1) is 21.0. The number of nitrogen functional groups attached to an aromatic ring is 1. The van der Waals surface area contributed by atoms with Crippen molar-refractivity contribution in [2.45, 2.75) is 90.4 Å². The minimum absolute atomic E-state index is 0.488. The molecule has 0 saturated heterocycles. The molecule has 0 heterocycles. The molecule has 0 atom stereocenters. The van der Waals surface area contributed by atoms with Gasteiger partial charge in [-0.2, -0.15) is 0 Å². The summed E-state index contributed by atoms with van der Waals surface area (Å²) in [7, 11) is 0. The fraction of sp³-hybridized carbons (Fsp3) is 0.556. The lowest BCUT2D eigenvalue weighted by atomic mass is 9.64. The monoisotopic (exact) mass is 377 g/mol. The highest BCUT2D eigenvalue weighted by Crippen LogP contribution is 2.48. The van der Waals surface area contributed by atoms with E-state index in [-0.39, 0.29) is 0 Å². The van der Waals surface area contributed by atoms with Crippen LogP contribution in [0.15, 0.2) is 48.5 Å². The van der Waals surface area contributed by atoms with Crippen LogP contribution in [0.5, 0.6) is 0 Å². The smallest absolute Gasteiger partial charge is 0.0314 e. The highest BCUT2D eigenvalue weighted by Gasteiger charge is 2.35. The topological polar surface area (TPSA) is 26.0 Å². The molecule has 2 aromatic rings. The number of benzene rings is 2. The van der Waals surface area contributed by atoms with E-state index in [1.165, 1.54) is 81.8 Å². The van der Waals surface area contributed by atoms with Crippen LogP contribution in [-0.2, 0) is 6.42 Å². The van der Waals surface area contributed by atoms with Crippen molar-refractivity contribution < 1.29 is 0 Å². The van der Waals surface area contributed by atoms with Crippen molar-refractivity contribution >= 4 is 5.69 Å². The van der Waals surface area contributed by atoms with Gasteiger partial charge in [0.1, 0.15) is 0 Å².